The minimum Gasteiger partial charge on any atom is -0.396 e. The number of hydrogen-bond acceptors (Lipinski definition) is 4. The smallest absolute Gasteiger partial charge is 0.241 e. The zero-order valence-electron chi connectivity index (χ0n) is 12.7. The molecule has 6 nitrogen and oxygen atoms in total. The van der Waals surface area contributed by atoms with Gasteiger partial charge in [0.05, 0.1) is 0 Å². The highest BCUT2D eigenvalue weighted by Gasteiger charge is 2.37. The summed E-state index contributed by atoms with van der Waals surface area (Å²) in [7, 11) is 1.04. The average molecular weight is 306 g/mol. The molecular formula is C13H26N2O4S. The van der Waals surface area contributed by atoms with Crippen molar-refractivity contribution in [2.45, 2.75) is 43.9 Å². The third-order valence-corrected chi connectivity index (χ3v) is 6.42. The van der Waals surface area contributed by atoms with E-state index >= 15 is 0 Å². The Kier molecular flexibility index (Phi) is 5.97. The van der Waals surface area contributed by atoms with Crippen LogP contribution in [0.25, 0.3) is 0 Å². The number of hydrogen-bond donors (Lipinski definition) is 1. The van der Waals surface area contributed by atoms with Gasteiger partial charge in [0.25, 0.3) is 0 Å². The molecule has 0 unspecified atom stereocenters. The van der Waals surface area contributed by atoms with Crippen LogP contribution in [0.4, 0.5) is 0 Å². The average Bonchev–Trinajstić information content (AvgIpc) is 2.44. The number of carbonyl (C=O) groups excluding carboxylic acids is 1. The van der Waals surface area contributed by atoms with Crippen molar-refractivity contribution in [1.82, 2.24) is 9.21 Å². The molecule has 0 aromatic rings. The summed E-state index contributed by atoms with van der Waals surface area (Å²) >= 11 is 0. The van der Waals surface area contributed by atoms with Gasteiger partial charge in [0.15, 0.2) is 5.25 Å². The predicted molar refractivity (Wildman–Crippen MR) is 77.7 cm³/mol. The highest BCUT2D eigenvalue weighted by molar-refractivity contribution is 7.90. The summed E-state index contributed by atoms with van der Waals surface area (Å²) in [5.41, 5.74) is 0. The lowest BCUT2D eigenvalue weighted by Gasteiger charge is -2.34. The molecule has 0 aromatic heterocycles. The van der Waals surface area contributed by atoms with Gasteiger partial charge in [-0.25, -0.2) is 12.7 Å². The minimum absolute atomic E-state index is 0.0692. The highest BCUT2D eigenvalue weighted by Crippen LogP contribution is 2.28. The third-order valence-electron chi connectivity index (χ3n) is 4.23. The van der Waals surface area contributed by atoms with Crippen molar-refractivity contribution in [3.63, 3.8) is 0 Å². The molecule has 1 amide bonds. The number of sulfonamides is 1. The minimum atomic E-state index is -3.63. The summed E-state index contributed by atoms with van der Waals surface area (Å²) in [5, 5.41) is 8.06. The molecule has 118 valence electrons. The van der Waals surface area contributed by atoms with Crippen LogP contribution in [-0.2, 0) is 14.8 Å². The zero-order valence-corrected chi connectivity index (χ0v) is 13.6. The molecule has 1 rings (SSSR count). The first-order valence-corrected chi connectivity index (χ1v) is 8.51. The fourth-order valence-electron chi connectivity index (χ4n) is 2.64. The Morgan fingerprint density at radius 3 is 2.10 bits per heavy atom. The van der Waals surface area contributed by atoms with Gasteiger partial charge >= 0.3 is 0 Å². The molecule has 1 aliphatic carbocycles. The Hall–Kier alpha value is -0.660. The Morgan fingerprint density at radius 2 is 1.70 bits per heavy atom. The van der Waals surface area contributed by atoms with Crippen molar-refractivity contribution in [3.8, 4) is 0 Å². The number of amides is 1. The topological polar surface area (TPSA) is 77.9 Å². The normalized spacial score (nSPS) is 25.5. The highest BCUT2D eigenvalue weighted by atomic mass is 32.2. The van der Waals surface area contributed by atoms with E-state index in [0.717, 1.165) is 25.7 Å². The second-order valence-electron chi connectivity index (χ2n) is 5.79. The first kappa shape index (κ1) is 17.4. The number of carbonyl (C=O) groups is 1. The molecule has 20 heavy (non-hydrogen) atoms. The van der Waals surface area contributed by atoms with E-state index in [0.29, 0.717) is 0 Å². The summed E-state index contributed by atoms with van der Waals surface area (Å²) in [6.07, 6.45) is 3.14. The van der Waals surface area contributed by atoms with E-state index in [9.17, 15) is 13.2 Å². The predicted octanol–water partition coefficient (Wildman–Crippen LogP) is 0.276. The molecule has 1 fully saturated rings. The van der Waals surface area contributed by atoms with Crippen LogP contribution in [0.2, 0.25) is 0 Å². The summed E-state index contributed by atoms with van der Waals surface area (Å²) in [6.45, 7) is 1.60. The maximum absolute atomic E-state index is 12.5. The lowest BCUT2D eigenvalue weighted by atomic mass is 9.87. The van der Waals surface area contributed by atoms with Gasteiger partial charge in [0, 0.05) is 33.8 Å². The van der Waals surface area contributed by atoms with Gasteiger partial charge in [-0.1, -0.05) is 0 Å². The van der Waals surface area contributed by atoms with Crippen LogP contribution in [-0.4, -0.2) is 67.7 Å². The van der Waals surface area contributed by atoms with Crippen LogP contribution >= 0.6 is 0 Å². The largest absolute Gasteiger partial charge is 0.396 e. The first-order valence-electron chi connectivity index (χ1n) is 7.00. The van der Waals surface area contributed by atoms with Gasteiger partial charge < -0.3 is 10.0 Å². The number of aliphatic hydroxyl groups excluding tert-OH is 1. The van der Waals surface area contributed by atoms with Gasteiger partial charge in [-0.2, -0.15) is 0 Å². The van der Waals surface area contributed by atoms with E-state index < -0.39 is 21.2 Å². The van der Waals surface area contributed by atoms with E-state index in [1.807, 2.05) is 0 Å². The van der Waals surface area contributed by atoms with Crippen LogP contribution in [0.5, 0.6) is 0 Å². The van der Waals surface area contributed by atoms with Crippen molar-refractivity contribution >= 4 is 15.9 Å². The van der Waals surface area contributed by atoms with Crippen molar-refractivity contribution < 1.29 is 18.3 Å². The van der Waals surface area contributed by atoms with E-state index in [4.69, 9.17) is 5.11 Å². The second kappa shape index (κ2) is 6.87. The Labute approximate surface area is 121 Å². The molecule has 0 spiro atoms. The summed E-state index contributed by atoms with van der Waals surface area (Å²) < 4.78 is 26.3. The van der Waals surface area contributed by atoms with Crippen molar-refractivity contribution in [1.29, 1.82) is 0 Å². The van der Waals surface area contributed by atoms with Crippen LogP contribution in [0.15, 0.2) is 0 Å². The molecule has 1 saturated carbocycles. The maximum Gasteiger partial charge on any atom is 0.241 e. The van der Waals surface area contributed by atoms with Gasteiger partial charge in [-0.15, -0.1) is 0 Å². The van der Waals surface area contributed by atoms with Crippen LogP contribution in [0.3, 0.4) is 0 Å². The summed E-state index contributed by atoms with van der Waals surface area (Å²) in [4.78, 5) is 13.2. The van der Waals surface area contributed by atoms with E-state index in [1.165, 1.54) is 16.1 Å². The SMILES string of the molecule is C[C@@H](C(=O)N(C)C)S(=O)(=O)N(C)C1CCC(CO)CC1. The second-order valence-corrected chi connectivity index (χ2v) is 8.11. The van der Waals surface area contributed by atoms with Crippen LogP contribution in [0.1, 0.15) is 32.6 Å². The molecule has 7 heteroatoms. The van der Waals surface area contributed by atoms with Gasteiger partial charge in [0.1, 0.15) is 0 Å². The maximum atomic E-state index is 12.5. The zero-order chi connectivity index (χ0) is 15.5. The Morgan fingerprint density at radius 1 is 1.20 bits per heavy atom. The molecule has 0 saturated heterocycles. The van der Waals surface area contributed by atoms with Crippen LogP contribution in [0, 0.1) is 5.92 Å². The fraction of sp³-hybridized carbons (Fsp3) is 0.923. The van der Waals surface area contributed by atoms with Crippen molar-refractivity contribution in [2.24, 2.45) is 5.92 Å². The lowest BCUT2D eigenvalue weighted by molar-refractivity contribution is -0.128. The van der Waals surface area contributed by atoms with Crippen LogP contribution < -0.4 is 0 Å². The van der Waals surface area contributed by atoms with E-state index in [-0.39, 0.29) is 18.6 Å². The molecule has 0 bridgehead atoms. The Balaban J connectivity index is 2.75. The Bertz CT molecular complexity index is 428. The standard InChI is InChI=1S/C13H26N2O4S/c1-10(13(17)14(2)3)20(18,19)15(4)12-7-5-11(9-16)6-8-12/h10-12,16H,5-9H2,1-4H3/t10-,11?,12?/m0/s1. The van der Waals surface area contributed by atoms with Crippen molar-refractivity contribution in [3.05, 3.63) is 0 Å². The third kappa shape index (κ3) is 3.71. The van der Waals surface area contributed by atoms with Gasteiger partial charge in [0.2, 0.25) is 15.9 Å². The number of rotatable bonds is 5. The fourth-order valence-corrected chi connectivity index (χ4v) is 4.23. The molecular weight excluding hydrogens is 280 g/mol. The van der Waals surface area contributed by atoms with Gasteiger partial charge in [-0.05, 0) is 38.5 Å². The lowest BCUT2D eigenvalue weighted by Crippen LogP contribution is -2.48. The molecule has 0 aromatic carbocycles. The van der Waals surface area contributed by atoms with E-state index in [2.05, 4.69) is 0 Å². The van der Waals surface area contributed by atoms with Gasteiger partial charge in [-0.3, -0.25) is 4.79 Å². The quantitative estimate of drug-likeness (QED) is 0.791. The monoisotopic (exact) mass is 306 g/mol. The molecule has 0 heterocycles. The molecule has 1 atom stereocenters. The van der Waals surface area contributed by atoms with Crippen molar-refractivity contribution in [2.75, 3.05) is 27.7 Å². The summed E-state index contributed by atoms with van der Waals surface area (Å²) in [5.74, 6) is -0.121. The molecule has 1 N–H and O–H groups in total. The van der Waals surface area contributed by atoms with E-state index in [1.54, 1.807) is 21.1 Å². The number of nitrogens with zero attached hydrogens (tertiary/aromatic N) is 2. The summed E-state index contributed by atoms with van der Waals surface area (Å²) in [6, 6.07) is -0.0692. The number of aliphatic hydroxyl groups is 1. The molecule has 1 aliphatic rings. The first-order chi connectivity index (χ1) is 9.21. The molecule has 0 radical (unpaired) electrons. The molecule has 0 aliphatic heterocycles.